The number of aromatic nitrogens is 2. The molecule has 0 fully saturated rings. The number of sulfonamides is 1. The van der Waals surface area contributed by atoms with Crippen molar-refractivity contribution in [3.8, 4) is 0 Å². The van der Waals surface area contributed by atoms with E-state index in [9.17, 15) is 12.8 Å². The fourth-order valence-corrected chi connectivity index (χ4v) is 3.83. The highest BCUT2D eigenvalue weighted by molar-refractivity contribution is 7.89. The molecule has 0 saturated carbocycles. The van der Waals surface area contributed by atoms with Gasteiger partial charge in [-0.25, -0.2) is 17.8 Å². The number of nitrogens with zero attached hydrogens (tertiary/aromatic N) is 3. The average molecular weight is 333 g/mol. The summed E-state index contributed by atoms with van der Waals surface area (Å²) in [4.78, 5) is 4.34. The first kappa shape index (κ1) is 15.6. The van der Waals surface area contributed by atoms with Crippen molar-refractivity contribution in [3.63, 3.8) is 0 Å². The molecule has 0 saturated heterocycles. The Bertz CT molecular complexity index is 920. The van der Waals surface area contributed by atoms with E-state index in [4.69, 9.17) is 0 Å². The normalized spacial score (nSPS) is 12.1. The quantitative estimate of drug-likeness (QED) is 0.721. The smallest absolute Gasteiger partial charge is 0.243 e. The molecular weight excluding hydrogens is 317 g/mol. The van der Waals surface area contributed by atoms with Gasteiger partial charge in [0.15, 0.2) is 0 Å². The Morgan fingerprint density at radius 2 is 1.91 bits per heavy atom. The van der Waals surface area contributed by atoms with E-state index in [-0.39, 0.29) is 11.4 Å². The Labute approximate surface area is 134 Å². The zero-order valence-corrected chi connectivity index (χ0v) is 13.4. The second-order valence-electron chi connectivity index (χ2n) is 5.06. The van der Waals surface area contributed by atoms with Crippen LogP contribution in [-0.4, -0.2) is 28.7 Å². The molecule has 120 valence electrons. The summed E-state index contributed by atoms with van der Waals surface area (Å²) >= 11 is 0. The minimum atomic E-state index is -3.69. The molecule has 0 unspecified atom stereocenters. The standard InChI is InChI=1S/C16H16FN3O2S/c1-2-19(23(21,22)15-8-6-13(17)7-9-15)12-14-11-18-16-5-3-4-10-20(14)16/h3-11H,2,12H2,1H3. The van der Waals surface area contributed by atoms with E-state index in [0.29, 0.717) is 6.54 Å². The van der Waals surface area contributed by atoms with E-state index in [2.05, 4.69) is 4.98 Å². The fraction of sp³-hybridized carbons (Fsp3) is 0.188. The summed E-state index contributed by atoms with van der Waals surface area (Å²) in [7, 11) is -3.69. The molecule has 5 nitrogen and oxygen atoms in total. The largest absolute Gasteiger partial charge is 0.303 e. The van der Waals surface area contributed by atoms with E-state index in [1.165, 1.54) is 16.4 Å². The third-order valence-electron chi connectivity index (χ3n) is 3.64. The van der Waals surface area contributed by atoms with Crippen LogP contribution in [0.25, 0.3) is 5.65 Å². The molecule has 2 heterocycles. The molecule has 0 radical (unpaired) electrons. The molecule has 3 aromatic rings. The van der Waals surface area contributed by atoms with Crippen molar-refractivity contribution in [2.45, 2.75) is 18.4 Å². The van der Waals surface area contributed by atoms with Gasteiger partial charge in [0, 0.05) is 12.7 Å². The van der Waals surface area contributed by atoms with Crippen molar-refractivity contribution in [2.75, 3.05) is 6.54 Å². The highest BCUT2D eigenvalue weighted by Crippen LogP contribution is 2.19. The molecule has 0 atom stereocenters. The van der Waals surface area contributed by atoms with Crippen LogP contribution in [-0.2, 0) is 16.6 Å². The molecule has 23 heavy (non-hydrogen) atoms. The summed E-state index contributed by atoms with van der Waals surface area (Å²) < 4.78 is 41.6. The fourth-order valence-electron chi connectivity index (χ4n) is 2.41. The summed E-state index contributed by atoms with van der Waals surface area (Å²) in [5.41, 5.74) is 1.53. The summed E-state index contributed by atoms with van der Waals surface area (Å²) in [5.74, 6) is -0.464. The van der Waals surface area contributed by atoms with Gasteiger partial charge in [-0.3, -0.25) is 0 Å². The molecular formula is C16H16FN3O2S. The number of rotatable bonds is 5. The van der Waals surface area contributed by atoms with Gasteiger partial charge in [0.25, 0.3) is 0 Å². The summed E-state index contributed by atoms with van der Waals surface area (Å²) in [6.07, 6.45) is 3.51. The predicted octanol–water partition coefficient (Wildman–Crippen LogP) is 2.68. The maximum atomic E-state index is 13.0. The van der Waals surface area contributed by atoms with Gasteiger partial charge in [-0.15, -0.1) is 0 Å². The van der Waals surface area contributed by atoms with Gasteiger partial charge < -0.3 is 4.40 Å². The number of halogens is 1. The van der Waals surface area contributed by atoms with Crippen LogP contribution in [0.2, 0.25) is 0 Å². The Morgan fingerprint density at radius 3 is 2.61 bits per heavy atom. The molecule has 0 aliphatic rings. The lowest BCUT2D eigenvalue weighted by molar-refractivity contribution is 0.418. The third-order valence-corrected chi connectivity index (χ3v) is 5.57. The second kappa shape index (κ2) is 6.10. The van der Waals surface area contributed by atoms with Gasteiger partial charge in [-0.2, -0.15) is 4.31 Å². The van der Waals surface area contributed by atoms with E-state index in [0.717, 1.165) is 23.5 Å². The van der Waals surface area contributed by atoms with Crippen molar-refractivity contribution in [1.29, 1.82) is 0 Å². The maximum Gasteiger partial charge on any atom is 0.243 e. The van der Waals surface area contributed by atoms with Crippen molar-refractivity contribution >= 4 is 15.7 Å². The van der Waals surface area contributed by atoms with E-state index in [1.54, 1.807) is 13.1 Å². The second-order valence-corrected chi connectivity index (χ2v) is 7.00. The van der Waals surface area contributed by atoms with Crippen molar-refractivity contribution in [1.82, 2.24) is 13.7 Å². The number of hydrogen-bond donors (Lipinski definition) is 0. The molecule has 0 amide bonds. The minimum absolute atomic E-state index is 0.0783. The van der Waals surface area contributed by atoms with Gasteiger partial charge in [-0.05, 0) is 36.4 Å². The van der Waals surface area contributed by atoms with Crippen LogP contribution < -0.4 is 0 Å². The Kier molecular flexibility index (Phi) is 4.14. The van der Waals surface area contributed by atoms with Crippen LogP contribution >= 0.6 is 0 Å². The SMILES string of the molecule is CCN(Cc1cnc2ccccn12)S(=O)(=O)c1ccc(F)cc1. The number of benzene rings is 1. The molecule has 0 aliphatic carbocycles. The first-order valence-electron chi connectivity index (χ1n) is 7.19. The van der Waals surface area contributed by atoms with Crippen LogP contribution in [0.4, 0.5) is 4.39 Å². The first-order valence-corrected chi connectivity index (χ1v) is 8.63. The lowest BCUT2D eigenvalue weighted by Gasteiger charge is -2.20. The minimum Gasteiger partial charge on any atom is -0.303 e. The molecule has 0 N–H and O–H groups in total. The van der Waals surface area contributed by atoms with Gasteiger partial charge in [-0.1, -0.05) is 13.0 Å². The molecule has 2 aromatic heterocycles. The monoisotopic (exact) mass is 333 g/mol. The average Bonchev–Trinajstić information content (AvgIpc) is 2.96. The van der Waals surface area contributed by atoms with Gasteiger partial charge in [0.1, 0.15) is 11.5 Å². The highest BCUT2D eigenvalue weighted by Gasteiger charge is 2.24. The zero-order chi connectivity index (χ0) is 16.4. The van der Waals surface area contributed by atoms with Crippen LogP contribution in [0.15, 0.2) is 59.8 Å². The van der Waals surface area contributed by atoms with Crippen molar-refractivity contribution in [3.05, 3.63) is 66.4 Å². The van der Waals surface area contributed by atoms with Crippen LogP contribution in [0.5, 0.6) is 0 Å². The summed E-state index contributed by atoms with van der Waals surface area (Å²) in [6.45, 7) is 2.27. The Balaban J connectivity index is 1.94. The summed E-state index contributed by atoms with van der Waals surface area (Å²) in [6, 6.07) is 10.4. The topological polar surface area (TPSA) is 54.7 Å². The molecule has 3 rings (SSSR count). The molecule has 7 heteroatoms. The summed E-state index contributed by atoms with van der Waals surface area (Å²) in [5, 5.41) is 0. The number of hydrogen-bond acceptors (Lipinski definition) is 3. The Morgan fingerprint density at radius 1 is 1.17 bits per heavy atom. The van der Waals surface area contributed by atoms with Gasteiger partial charge >= 0.3 is 0 Å². The molecule has 0 bridgehead atoms. The van der Waals surface area contributed by atoms with E-state index < -0.39 is 15.8 Å². The maximum absolute atomic E-state index is 13.0. The van der Waals surface area contributed by atoms with Crippen molar-refractivity contribution in [2.24, 2.45) is 0 Å². The van der Waals surface area contributed by atoms with Gasteiger partial charge in [0.05, 0.1) is 23.3 Å². The zero-order valence-electron chi connectivity index (χ0n) is 12.6. The van der Waals surface area contributed by atoms with Crippen LogP contribution in [0, 0.1) is 5.82 Å². The van der Waals surface area contributed by atoms with Crippen LogP contribution in [0.1, 0.15) is 12.6 Å². The molecule has 0 spiro atoms. The lowest BCUT2D eigenvalue weighted by atomic mass is 10.4. The molecule has 1 aromatic carbocycles. The van der Waals surface area contributed by atoms with Gasteiger partial charge in [0.2, 0.25) is 10.0 Å². The molecule has 0 aliphatic heterocycles. The number of imidazole rings is 1. The van der Waals surface area contributed by atoms with Crippen molar-refractivity contribution < 1.29 is 12.8 Å². The Hall–Kier alpha value is -2.25. The lowest BCUT2D eigenvalue weighted by Crippen LogP contribution is -2.30. The number of fused-ring (bicyclic) bond motifs is 1. The van der Waals surface area contributed by atoms with E-state index >= 15 is 0 Å². The van der Waals surface area contributed by atoms with Crippen LogP contribution in [0.3, 0.4) is 0 Å². The predicted molar refractivity (Wildman–Crippen MR) is 84.9 cm³/mol. The number of pyridine rings is 1. The first-order chi connectivity index (χ1) is 11.0. The third kappa shape index (κ3) is 2.97. The highest BCUT2D eigenvalue weighted by atomic mass is 32.2. The van der Waals surface area contributed by atoms with E-state index in [1.807, 2.05) is 28.8 Å².